The van der Waals surface area contributed by atoms with E-state index in [9.17, 15) is 13.6 Å². The molecule has 0 amide bonds. The summed E-state index contributed by atoms with van der Waals surface area (Å²) in [5.74, 6) is -1.57. The number of ketones is 1. The number of nitrogens with two attached hydrogens (primary N) is 1. The second kappa shape index (κ2) is 9.27. The van der Waals surface area contributed by atoms with E-state index in [-0.39, 0.29) is 24.7 Å². The standard InChI is InChI=1S/C21H32F2N4O/c1-15(28)19(24)9-12-27(18-13-21(22,23)14-18)11-3-2-6-17-8-7-16-5-4-10-25-20(16)26-17/h7-8,18-19H,2-6,9-14,24H2,1H3,(H,25,26)/t19-/m0/s1. The number of halogens is 2. The number of nitrogens with one attached hydrogen (secondary N) is 1. The zero-order valence-corrected chi connectivity index (χ0v) is 16.7. The summed E-state index contributed by atoms with van der Waals surface area (Å²) < 4.78 is 26.6. The lowest BCUT2D eigenvalue weighted by molar-refractivity contribution is -0.126. The fraction of sp³-hybridized carbons (Fsp3) is 0.714. The van der Waals surface area contributed by atoms with Gasteiger partial charge in [0.25, 0.3) is 5.92 Å². The van der Waals surface area contributed by atoms with Crippen LogP contribution < -0.4 is 11.1 Å². The predicted octanol–water partition coefficient (Wildman–Crippen LogP) is 3.17. The number of Topliss-reactive ketones (excluding diaryl/α,β-unsaturated/α-hetero) is 1. The van der Waals surface area contributed by atoms with Gasteiger partial charge in [-0.3, -0.25) is 9.69 Å². The van der Waals surface area contributed by atoms with Crippen LogP contribution in [0.5, 0.6) is 0 Å². The second-order valence-corrected chi connectivity index (χ2v) is 8.26. The Bertz CT molecular complexity index is 674. The fourth-order valence-electron chi connectivity index (χ4n) is 4.00. The van der Waals surface area contributed by atoms with Crippen LogP contribution in [0.3, 0.4) is 0 Å². The molecule has 156 valence electrons. The normalized spacial score (nSPS) is 19.6. The van der Waals surface area contributed by atoms with E-state index in [4.69, 9.17) is 10.7 Å². The SMILES string of the molecule is CC(=O)[C@@H](N)CCN(CCCCc1ccc2c(n1)NCCC2)C1CC(F)(F)C1. The molecule has 0 bridgehead atoms. The molecule has 2 heterocycles. The highest BCUT2D eigenvalue weighted by atomic mass is 19.3. The highest BCUT2D eigenvalue weighted by Crippen LogP contribution is 2.40. The van der Waals surface area contributed by atoms with Crippen LogP contribution in [0, 0.1) is 0 Å². The summed E-state index contributed by atoms with van der Waals surface area (Å²) in [6.45, 7) is 3.82. The maximum Gasteiger partial charge on any atom is 0.251 e. The summed E-state index contributed by atoms with van der Waals surface area (Å²) in [5, 5.41) is 3.36. The van der Waals surface area contributed by atoms with Gasteiger partial charge >= 0.3 is 0 Å². The highest BCUT2D eigenvalue weighted by Gasteiger charge is 2.47. The van der Waals surface area contributed by atoms with Crippen molar-refractivity contribution < 1.29 is 13.6 Å². The van der Waals surface area contributed by atoms with Crippen LogP contribution in [-0.2, 0) is 17.6 Å². The first-order valence-electron chi connectivity index (χ1n) is 10.4. The number of carbonyl (C=O) groups excluding carboxylic acids is 1. The molecule has 0 spiro atoms. The number of carbonyl (C=O) groups is 1. The van der Waals surface area contributed by atoms with Crippen molar-refractivity contribution in [2.24, 2.45) is 5.73 Å². The van der Waals surface area contributed by atoms with Gasteiger partial charge in [-0.2, -0.15) is 0 Å². The Balaban J connectivity index is 1.45. The molecule has 1 aliphatic heterocycles. The minimum absolute atomic E-state index is 0.0500. The molecule has 7 heteroatoms. The maximum atomic E-state index is 13.3. The molecule has 1 fully saturated rings. The average molecular weight is 395 g/mol. The van der Waals surface area contributed by atoms with Crippen LogP contribution in [-0.4, -0.2) is 53.3 Å². The molecule has 1 aromatic rings. The van der Waals surface area contributed by atoms with Crippen LogP contribution in [0.2, 0.25) is 0 Å². The average Bonchev–Trinajstić information content (AvgIpc) is 2.65. The molecule has 0 saturated heterocycles. The van der Waals surface area contributed by atoms with Crippen LogP contribution in [0.25, 0.3) is 0 Å². The third-order valence-corrected chi connectivity index (χ3v) is 5.91. The molecule has 5 nitrogen and oxygen atoms in total. The number of alkyl halides is 2. The number of hydrogen-bond donors (Lipinski definition) is 2. The van der Waals surface area contributed by atoms with Gasteiger partial charge in [-0.25, -0.2) is 13.8 Å². The molecule has 3 rings (SSSR count). The van der Waals surface area contributed by atoms with Gasteiger partial charge in [-0.1, -0.05) is 6.07 Å². The molecule has 1 aromatic heterocycles. The van der Waals surface area contributed by atoms with E-state index >= 15 is 0 Å². The van der Waals surface area contributed by atoms with E-state index in [0.717, 1.165) is 56.7 Å². The van der Waals surface area contributed by atoms with Gasteiger partial charge in [0.2, 0.25) is 0 Å². The lowest BCUT2D eigenvalue weighted by Gasteiger charge is -2.43. The lowest BCUT2D eigenvalue weighted by Crippen LogP contribution is -2.52. The molecular formula is C21H32F2N4O. The largest absolute Gasteiger partial charge is 0.370 e. The van der Waals surface area contributed by atoms with Crippen molar-refractivity contribution in [3.63, 3.8) is 0 Å². The van der Waals surface area contributed by atoms with Gasteiger partial charge in [0, 0.05) is 37.7 Å². The minimum atomic E-state index is -2.54. The van der Waals surface area contributed by atoms with Crippen molar-refractivity contribution in [3.8, 4) is 0 Å². The first-order valence-corrected chi connectivity index (χ1v) is 10.4. The summed E-state index contributed by atoms with van der Waals surface area (Å²) in [7, 11) is 0. The monoisotopic (exact) mass is 394 g/mol. The molecule has 3 N–H and O–H groups in total. The molecule has 0 unspecified atom stereocenters. The summed E-state index contributed by atoms with van der Waals surface area (Å²) in [5.41, 5.74) is 8.19. The topological polar surface area (TPSA) is 71.2 Å². The van der Waals surface area contributed by atoms with Crippen molar-refractivity contribution >= 4 is 11.6 Å². The molecule has 28 heavy (non-hydrogen) atoms. The van der Waals surface area contributed by atoms with Crippen molar-refractivity contribution in [1.29, 1.82) is 0 Å². The number of nitrogens with zero attached hydrogens (tertiary/aromatic N) is 2. The van der Waals surface area contributed by atoms with Crippen LogP contribution in [0.15, 0.2) is 12.1 Å². The quantitative estimate of drug-likeness (QED) is 0.597. The minimum Gasteiger partial charge on any atom is -0.370 e. The van der Waals surface area contributed by atoms with Gasteiger partial charge in [0.15, 0.2) is 0 Å². The van der Waals surface area contributed by atoms with Gasteiger partial charge in [-0.05, 0) is 63.6 Å². The Morgan fingerprint density at radius 1 is 1.36 bits per heavy atom. The summed E-state index contributed by atoms with van der Waals surface area (Å²) in [6, 6.07) is 3.66. The van der Waals surface area contributed by atoms with Crippen molar-refractivity contribution in [2.45, 2.75) is 76.3 Å². The van der Waals surface area contributed by atoms with E-state index in [2.05, 4.69) is 22.3 Å². The molecule has 1 saturated carbocycles. The number of hydrogen-bond acceptors (Lipinski definition) is 5. The van der Waals surface area contributed by atoms with Crippen LogP contribution in [0.4, 0.5) is 14.6 Å². The number of pyridine rings is 1. The number of fused-ring (bicyclic) bond motifs is 1. The molecular weight excluding hydrogens is 362 g/mol. The lowest BCUT2D eigenvalue weighted by atomic mass is 9.86. The van der Waals surface area contributed by atoms with Gasteiger partial charge < -0.3 is 11.1 Å². The van der Waals surface area contributed by atoms with E-state index in [0.29, 0.717) is 13.0 Å². The Kier molecular flexibility index (Phi) is 6.99. The van der Waals surface area contributed by atoms with E-state index in [1.165, 1.54) is 12.5 Å². The molecule has 1 atom stereocenters. The van der Waals surface area contributed by atoms with Crippen LogP contribution >= 0.6 is 0 Å². The number of anilines is 1. The van der Waals surface area contributed by atoms with Gasteiger partial charge in [-0.15, -0.1) is 0 Å². The number of unbranched alkanes of at least 4 members (excludes halogenated alkanes) is 1. The van der Waals surface area contributed by atoms with Gasteiger partial charge in [0.1, 0.15) is 11.6 Å². The first-order chi connectivity index (χ1) is 13.3. The smallest absolute Gasteiger partial charge is 0.251 e. The number of aromatic nitrogens is 1. The molecule has 0 radical (unpaired) electrons. The molecule has 1 aliphatic carbocycles. The van der Waals surface area contributed by atoms with E-state index < -0.39 is 12.0 Å². The van der Waals surface area contributed by atoms with Crippen molar-refractivity contribution in [2.75, 3.05) is 25.0 Å². The van der Waals surface area contributed by atoms with Crippen LogP contribution in [0.1, 0.15) is 56.7 Å². The van der Waals surface area contributed by atoms with Gasteiger partial charge in [0.05, 0.1) is 6.04 Å². The fourth-order valence-corrected chi connectivity index (χ4v) is 4.00. The molecule has 2 aliphatic rings. The first kappa shape index (κ1) is 21.1. The number of aryl methyl sites for hydroxylation is 2. The Morgan fingerprint density at radius 3 is 2.86 bits per heavy atom. The summed E-state index contributed by atoms with van der Waals surface area (Å²) >= 11 is 0. The van der Waals surface area contributed by atoms with E-state index in [1.807, 2.05) is 0 Å². The van der Waals surface area contributed by atoms with Crippen molar-refractivity contribution in [3.05, 3.63) is 23.4 Å². The highest BCUT2D eigenvalue weighted by molar-refractivity contribution is 5.81. The summed E-state index contributed by atoms with van der Waals surface area (Å²) in [4.78, 5) is 18.2. The maximum absolute atomic E-state index is 13.3. The Labute approximate surface area is 166 Å². The van der Waals surface area contributed by atoms with Crippen molar-refractivity contribution in [1.82, 2.24) is 9.88 Å². The third kappa shape index (κ3) is 5.70. The Hall–Kier alpha value is -1.60. The zero-order chi connectivity index (χ0) is 20.1. The predicted molar refractivity (Wildman–Crippen MR) is 107 cm³/mol. The van der Waals surface area contributed by atoms with E-state index in [1.54, 1.807) is 0 Å². The number of rotatable bonds is 10. The second-order valence-electron chi connectivity index (χ2n) is 8.26. The third-order valence-electron chi connectivity index (χ3n) is 5.91. The zero-order valence-electron chi connectivity index (χ0n) is 16.7. The summed E-state index contributed by atoms with van der Waals surface area (Å²) in [6.07, 6.45) is 5.36. The Morgan fingerprint density at radius 2 is 2.14 bits per heavy atom. The molecule has 0 aromatic carbocycles.